The van der Waals surface area contributed by atoms with Gasteiger partial charge in [0.25, 0.3) is 5.69 Å². The number of carbonyl (C=O) groups excluding carboxylic acids is 1. The molecule has 0 saturated heterocycles. The van der Waals surface area contributed by atoms with Crippen LogP contribution in [0.3, 0.4) is 0 Å². The van der Waals surface area contributed by atoms with E-state index in [9.17, 15) is 14.9 Å². The van der Waals surface area contributed by atoms with Gasteiger partial charge in [-0.3, -0.25) is 14.9 Å². The molecule has 1 aliphatic heterocycles. The SMILES string of the molecule is COc1cc(C=C2COc3ccccc3C2=O)c([N+](=O)[O-])cc1OC. The van der Waals surface area contributed by atoms with Gasteiger partial charge in [0.2, 0.25) is 0 Å². The third-order valence-corrected chi connectivity index (χ3v) is 3.87. The van der Waals surface area contributed by atoms with Gasteiger partial charge in [-0.1, -0.05) is 12.1 Å². The van der Waals surface area contributed by atoms with Crippen LogP contribution >= 0.6 is 0 Å². The Kier molecular flexibility index (Phi) is 4.38. The fraction of sp³-hybridized carbons (Fsp3) is 0.167. The predicted octanol–water partition coefficient (Wildman–Crippen LogP) is 3.27. The number of methoxy groups -OCH3 is 2. The fourth-order valence-corrected chi connectivity index (χ4v) is 2.63. The van der Waals surface area contributed by atoms with Crippen molar-refractivity contribution in [3.63, 3.8) is 0 Å². The molecular formula is C18H15NO6. The van der Waals surface area contributed by atoms with Crippen LogP contribution in [0.1, 0.15) is 15.9 Å². The number of hydrogen-bond donors (Lipinski definition) is 0. The first-order valence-electron chi connectivity index (χ1n) is 7.42. The molecule has 0 unspecified atom stereocenters. The smallest absolute Gasteiger partial charge is 0.280 e. The first-order valence-corrected chi connectivity index (χ1v) is 7.42. The van der Waals surface area contributed by atoms with E-state index in [0.717, 1.165) is 0 Å². The summed E-state index contributed by atoms with van der Waals surface area (Å²) in [5.74, 6) is 0.870. The Morgan fingerprint density at radius 2 is 1.84 bits per heavy atom. The number of nitrogens with zero attached hydrogens (tertiary/aromatic N) is 1. The minimum atomic E-state index is -0.531. The molecule has 25 heavy (non-hydrogen) atoms. The summed E-state index contributed by atoms with van der Waals surface area (Å²) >= 11 is 0. The van der Waals surface area contributed by atoms with Gasteiger partial charge in [-0.05, 0) is 24.3 Å². The number of hydrogen-bond acceptors (Lipinski definition) is 6. The molecule has 0 bridgehead atoms. The van der Waals surface area contributed by atoms with Crippen molar-refractivity contribution in [1.82, 2.24) is 0 Å². The molecule has 0 N–H and O–H groups in total. The molecular weight excluding hydrogens is 326 g/mol. The maximum atomic E-state index is 12.6. The van der Waals surface area contributed by atoms with E-state index in [1.165, 1.54) is 32.4 Å². The van der Waals surface area contributed by atoms with Gasteiger partial charge in [0.1, 0.15) is 12.4 Å². The monoisotopic (exact) mass is 341 g/mol. The lowest BCUT2D eigenvalue weighted by Crippen LogP contribution is -2.18. The quantitative estimate of drug-likeness (QED) is 0.482. The first kappa shape index (κ1) is 16.5. The lowest BCUT2D eigenvalue weighted by molar-refractivity contribution is -0.385. The molecule has 2 aromatic carbocycles. The number of nitro benzene ring substituents is 1. The summed E-state index contributed by atoms with van der Waals surface area (Å²) < 4.78 is 15.9. The summed E-state index contributed by atoms with van der Waals surface area (Å²) in [7, 11) is 2.83. The molecule has 0 aromatic heterocycles. The van der Waals surface area contributed by atoms with Gasteiger partial charge in [0.15, 0.2) is 17.3 Å². The minimum Gasteiger partial charge on any atom is -0.493 e. The lowest BCUT2D eigenvalue weighted by Gasteiger charge is -2.18. The summed E-state index contributed by atoms with van der Waals surface area (Å²) in [5.41, 5.74) is 0.822. The third kappa shape index (κ3) is 3.03. The van der Waals surface area contributed by atoms with Crippen LogP contribution in [0, 0.1) is 10.1 Å². The van der Waals surface area contributed by atoms with Gasteiger partial charge in [-0.25, -0.2) is 0 Å². The standard InChI is InChI=1S/C18H15NO6/c1-23-16-8-11(14(19(21)22)9-17(16)24-2)7-12-10-25-15-6-4-3-5-13(15)18(12)20/h3-9H,10H2,1-2H3. The second-order valence-corrected chi connectivity index (χ2v) is 5.31. The van der Waals surface area contributed by atoms with Crippen LogP contribution in [0.25, 0.3) is 6.08 Å². The van der Waals surface area contributed by atoms with E-state index >= 15 is 0 Å². The Morgan fingerprint density at radius 3 is 2.52 bits per heavy atom. The van der Waals surface area contributed by atoms with Gasteiger partial charge >= 0.3 is 0 Å². The normalized spacial score (nSPS) is 14.6. The van der Waals surface area contributed by atoms with Crippen molar-refractivity contribution in [3.05, 3.63) is 63.2 Å². The average Bonchev–Trinajstić information content (AvgIpc) is 2.63. The molecule has 128 valence electrons. The Hall–Kier alpha value is -3.35. The highest BCUT2D eigenvalue weighted by Crippen LogP contribution is 2.36. The number of fused-ring (bicyclic) bond motifs is 1. The zero-order valence-electron chi connectivity index (χ0n) is 13.6. The Balaban J connectivity index is 2.09. The molecule has 0 spiro atoms. The third-order valence-electron chi connectivity index (χ3n) is 3.87. The van der Waals surface area contributed by atoms with Crippen molar-refractivity contribution in [2.45, 2.75) is 0 Å². The van der Waals surface area contributed by atoms with E-state index in [-0.39, 0.29) is 29.4 Å². The van der Waals surface area contributed by atoms with E-state index in [2.05, 4.69) is 0 Å². The van der Waals surface area contributed by atoms with Gasteiger partial charge < -0.3 is 14.2 Å². The van der Waals surface area contributed by atoms with Gasteiger partial charge in [-0.15, -0.1) is 0 Å². The van der Waals surface area contributed by atoms with Crippen molar-refractivity contribution in [1.29, 1.82) is 0 Å². The summed E-state index contributed by atoms with van der Waals surface area (Å²) in [4.78, 5) is 23.4. The highest BCUT2D eigenvalue weighted by Gasteiger charge is 2.25. The Bertz CT molecular complexity index is 887. The number of ether oxygens (including phenoxy) is 3. The van der Waals surface area contributed by atoms with Crippen LogP contribution in [-0.4, -0.2) is 31.5 Å². The van der Waals surface area contributed by atoms with Crippen LogP contribution in [0.5, 0.6) is 17.2 Å². The number of carbonyl (C=O) groups is 1. The van der Waals surface area contributed by atoms with Gasteiger partial charge in [0.05, 0.1) is 36.3 Å². The Morgan fingerprint density at radius 1 is 1.16 bits per heavy atom. The van der Waals surface area contributed by atoms with Crippen LogP contribution < -0.4 is 14.2 Å². The first-order chi connectivity index (χ1) is 12.0. The van der Waals surface area contributed by atoms with Crippen LogP contribution in [0.4, 0.5) is 5.69 Å². The molecule has 3 rings (SSSR count). The zero-order valence-corrected chi connectivity index (χ0v) is 13.6. The minimum absolute atomic E-state index is 0.0430. The van der Waals surface area contributed by atoms with Crippen molar-refractivity contribution in [2.24, 2.45) is 0 Å². The fourth-order valence-electron chi connectivity index (χ4n) is 2.63. The Labute approximate surface area is 143 Å². The second-order valence-electron chi connectivity index (χ2n) is 5.31. The van der Waals surface area contributed by atoms with E-state index < -0.39 is 4.92 Å². The molecule has 7 nitrogen and oxygen atoms in total. The number of benzene rings is 2. The van der Waals surface area contributed by atoms with E-state index in [1.807, 2.05) is 0 Å². The maximum Gasteiger partial charge on any atom is 0.280 e. The molecule has 7 heteroatoms. The molecule has 0 radical (unpaired) electrons. The number of Topliss-reactive ketones (excluding diaryl/α,β-unsaturated/α-hetero) is 1. The molecule has 1 heterocycles. The number of para-hydroxylation sites is 1. The predicted molar refractivity (Wildman–Crippen MR) is 90.4 cm³/mol. The molecule has 0 amide bonds. The van der Waals surface area contributed by atoms with Crippen LogP contribution in [-0.2, 0) is 0 Å². The maximum absolute atomic E-state index is 12.6. The van der Waals surface area contributed by atoms with Crippen molar-refractivity contribution in [2.75, 3.05) is 20.8 Å². The van der Waals surface area contributed by atoms with Gasteiger partial charge in [0, 0.05) is 5.57 Å². The van der Waals surface area contributed by atoms with Crippen LogP contribution in [0.15, 0.2) is 42.0 Å². The number of rotatable bonds is 4. The van der Waals surface area contributed by atoms with Crippen molar-refractivity contribution < 1.29 is 23.9 Å². The molecule has 1 aliphatic rings. The van der Waals surface area contributed by atoms with E-state index in [4.69, 9.17) is 14.2 Å². The van der Waals surface area contributed by atoms with E-state index in [1.54, 1.807) is 24.3 Å². The highest BCUT2D eigenvalue weighted by molar-refractivity contribution is 6.14. The van der Waals surface area contributed by atoms with Gasteiger partial charge in [-0.2, -0.15) is 0 Å². The molecule has 0 saturated carbocycles. The summed E-state index contributed by atoms with van der Waals surface area (Å²) in [5, 5.41) is 11.4. The topological polar surface area (TPSA) is 87.9 Å². The van der Waals surface area contributed by atoms with Crippen molar-refractivity contribution >= 4 is 17.5 Å². The lowest BCUT2D eigenvalue weighted by atomic mass is 9.98. The molecule has 0 atom stereocenters. The summed E-state index contributed by atoms with van der Waals surface area (Å²) in [6, 6.07) is 9.63. The highest BCUT2D eigenvalue weighted by atomic mass is 16.6. The average molecular weight is 341 g/mol. The zero-order chi connectivity index (χ0) is 18.0. The molecule has 2 aromatic rings. The molecule has 0 aliphatic carbocycles. The van der Waals surface area contributed by atoms with E-state index in [0.29, 0.717) is 22.6 Å². The number of nitro groups is 1. The van der Waals surface area contributed by atoms with Crippen molar-refractivity contribution in [3.8, 4) is 17.2 Å². The second kappa shape index (κ2) is 6.64. The number of ketones is 1. The molecule has 0 fully saturated rings. The van der Waals surface area contributed by atoms with Crippen LogP contribution in [0.2, 0.25) is 0 Å². The summed E-state index contributed by atoms with van der Waals surface area (Å²) in [6.45, 7) is 0.0430. The summed E-state index contributed by atoms with van der Waals surface area (Å²) in [6.07, 6.45) is 1.46. The largest absolute Gasteiger partial charge is 0.493 e.